The Hall–Kier alpha value is -2.43. The molecule has 10 heteroatoms. The number of benzene rings is 1. The zero-order valence-corrected chi connectivity index (χ0v) is 19.7. The van der Waals surface area contributed by atoms with Crippen LogP contribution in [0, 0.1) is 5.92 Å². The van der Waals surface area contributed by atoms with Gasteiger partial charge in [-0.25, -0.2) is 17.9 Å². The molecule has 1 atom stereocenters. The van der Waals surface area contributed by atoms with Gasteiger partial charge in [0.1, 0.15) is 11.4 Å². The molecule has 9 nitrogen and oxygen atoms in total. The number of amides is 3. The van der Waals surface area contributed by atoms with Gasteiger partial charge in [0.05, 0.1) is 12.4 Å². The predicted molar refractivity (Wildman–Crippen MR) is 122 cm³/mol. The van der Waals surface area contributed by atoms with Gasteiger partial charge in [-0.2, -0.15) is 0 Å². The minimum absolute atomic E-state index is 0.177. The van der Waals surface area contributed by atoms with Crippen LogP contribution in [-0.2, 0) is 20.4 Å². The number of carbonyl (C=O) groups is 2. The van der Waals surface area contributed by atoms with Crippen molar-refractivity contribution in [2.75, 3.05) is 32.0 Å². The number of nitrogens with zero attached hydrogens (tertiary/aromatic N) is 1. The number of urea groups is 1. The van der Waals surface area contributed by atoms with Crippen molar-refractivity contribution in [2.24, 2.45) is 5.92 Å². The van der Waals surface area contributed by atoms with Crippen LogP contribution in [0.1, 0.15) is 39.2 Å². The quantitative estimate of drug-likeness (QED) is 0.402. The Bertz CT molecular complexity index is 931. The first-order chi connectivity index (χ1) is 15.0. The molecule has 0 unspecified atom stereocenters. The number of ether oxygens (including phenoxy) is 1. The molecule has 0 bridgehead atoms. The molecule has 0 radical (unpaired) electrons. The maximum Gasteiger partial charge on any atom is 0.324 e. The molecule has 2 rings (SSSR count). The van der Waals surface area contributed by atoms with E-state index in [4.69, 9.17) is 4.74 Å². The van der Waals surface area contributed by atoms with E-state index in [-0.39, 0.29) is 31.2 Å². The summed E-state index contributed by atoms with van der Waals surface area (Å²) in [5.41, 5.74) is -0.808. The lowest BCUT2D eigenvalue weighted by Crippen LogP contribution is -2.49. The van der Waals surface area contributed by atoms with Gasteiger partial charge in [-0.15, -0.1) is 0 Å². The molecule has 1 aromatic carbocycles. The largest absolute Gasteiger partial charge is 0.493 e. The maximum atomic E-state index is 12.4. The predicted octanol–water partition coefficient (Wildman–Crippen LogP) is 1.74. The van der Waals surface area contributed by atoms with Gasteiger partial charge in [-0.05, 0) is 30.0 Å². The van der Waals surface area contributed by atoms with E-state index >= 15 is 0 Å². The molecular weight excluding hydrogens is 434 g/mol. The molecule has 0 aliphatic carbocycles. The van der Waals surface area contributed by atoms with E-state index in [1.54, 1.807) is 37.3 Å². The van der Waals surface area contributed by atoms with E-state index in [1.807, 2.05) is 13.8 Å². The number of carbonyl (C=O) groups excluding carboxylic acids is 2. The SMILES string of the molecule is CC[C@@](O)(CNS(=O)(=O)C/C=C/CN1CCC(=O)NC1=O)c1cccc(OCC(C)C)c1. The molecule has 0 saturated carbocycles. The molecule has 1 saturated heterocycles. The molecule has 1 aliphatic rings. The van der Waals surface area contributed by atoms with Crippen molar-refractivity contribution in [1.29, 1.82) is 0 Å². The maximum absolute atomic E-state index is 12.4. The van der Waals surface area contributed by atoms with Crippen LogP contribution in [0.3, 0.4) is 0 Å². The van der Waals surface area contributed by atoms with Crippen LogP contribution in [0.2, 0.25) is 0 Å². The second-order valence-electron chi connectivity index (χ2n) is 8.24. The van der Waals surface area contributed by atoms with Gasteiger partial charge in [-0.1, -0.05) is 45.1 Å². The summed E-state index contributed by atoms with van der Waals surface area (Å²) in [6.07, 6.45) is 3.54. The third-order valence-electron chi connectivity index (χ3n) is 5.07. The fourth-order valence-corrected chi connectivity index (χ4v) is 3.99. The minimum atomic E-state index is -3.69. The Kier molecular flexibility index (Phi) is 9.23. The fraction of sp³-hybridized carbons (Fsp3) is 0.545. The number of hydrogen-bond donors (Lipinski definition) is 3. The second-order valence-corrected chi connectivity index (χ2v) is 10.1. The summed E-state index contributed by atoms with van der Waals surface area (Å²) in [5, 5.41) is 13.3. The minimum Gasteiger partial charge on any atom is -0.493 e. The third kappa shape index (κ3) is 7.92. The van der Waals surface area contributed by atoms with Crippen LogP contribution in [0.4, 0.5) is 4.79 Å². The van der Waals surface area contributed by atoms with Crippen molar-refractivity contribution < 1.29 is 27.9 Å². The van der Waals surface area contributed by atoms with Gasteiger partial charge in [0.2, 0.25) is 15.9 Å². The first-order valence-corrected chi connectivity index (χ1v) is 12.4. The van der Waals surface area contributed by atoms with Crippen molar-refractivity contribution in [3.05, 3.63) is 42.0 Å². The van der Waals surface area contributed by atoms with Gasteiger partial charge in [-0.3, -0.25) is 10.1 Å². The van der Waals surface area contributed by atoms with Crippen molar-refractivity contribution in [2.45, 2.75) is 39.2 Å². The van der Waals surface area contributed by atoms with E-state index in [1.165, 1.54) is 11.0 Å². The Morgan fingerprint density at radius 1 is 1.31 bits per heavy atom. The fourth-order valence-electron chi connectivity index (χ4n) is 3.03. The summed E-state index contributed by atoms with van der Waals surface area (Å²) in [6.45, 7) is 6.73. The molecule has 0 aromatic heterocycles. The molecule has 178 valence electrons. The zero-order valence-electron chi connectivity index (χ0n) is 18.8. The number of hydrogen-bond acceptors (Lipinski definition) is 6. The molecule has 1 fully saturated rings. The van der Waals surface area contributed by atoms with Crippen LogP contribution >= 0.6 is 0 Å². The number of nitrogens with one attached hydrogen (secondary N) is 2. The average Bonchev–Trinajstić information content (AvgIpc) is 2.75. The van der Waals surface area contributed by atoms with Gasteiger partial charge < -0.3 is 14.7 Å². The van der Waals surface area contributed by atoms with E-state index in [2.05, 4.69) is 10.0 Å². The van der Waals surface area contributed by atoms with Crippen molar-refractivity contribution in [3.63, 3.8) is 0 Å². The van der Waals surface area contributed by atoms with Crippen LogP contribution in [0.5, 0.6) is 5.75 Å². The molecule has 3 N–H and O–H groups in total. The second kappa shape index (κ2) is 11.4. The highest BCUT2D eigenvalue weighted by Gasteiger charge is 2.29. The molecular formula is C22H33N3O6S. The van der Waals surface area contributed by atoms with E-state index in [9.17, 15) is 23.1 Å². The number of imide groups is 1. The lowest BCUT2D eigenvalue weighted by molar-refractivity contribution is -0.121. The van der Waals surface area contributed by atoms with Gasteiger partial charge >= 0.3 is 6.03 Å². The summed E-state index contributed by atoms with van der Waals surface area (Å²) >= 11 is 0. The van der Waals surface area contributed by atoms with Crippen LogP contribution < -0.4 is 14.8 Å². The highest BCUT2D eigenvalue weighted by molar-refractivity contribution is 7.89. The summed E-state index contributed by atoms with van der Waals surface area (Å²) in [7, 11) is -3.69. The molecule has 0 spiro atoms. The van der Waals surface area contributed by atoms with E-state index < -0.39 is 21.7 Å². The van der Waals surface area contributed by atoms with E-state index in [0.717, 1.165) is 0 Å². The van der Waals surface area contributed by atoms with Crippen LogP contribution in [0.25, 0.3) is 0 Å². The Morgan fingerprint density at radius 3 is 2.72 bits per heavy atom. The summed E-state index contributed by atoms with van der Waals surface area (Å²) in [4.78, 5) is 24.2. The normalized spacial score (nSPS) is 17.0. The third-order valence-corrected chi connectivity index (χ3v) is 6.29. The Morgan fingerprint density at radius 2 is 2.06 bits per heavy atom. The Labute approximate surface area is 189 Å². The van der Waals surface area contributed by atoms with E-state index in [0.29, 0.717) is 36.8 Å². The number of rotatable bonds is 12. The highest BCUT2D eigenvalue weighted by atomic mass is 32.2. The first kappa shape index (κ1) is 25.8. The lowest BCUT2D eigenvalue weighted by atomic mass is 9.91. The van der Waals surface area contributed by atoms with Gasteiger partial charge in [0.15, 0.2) is 0 Å². The van der Waals surface area contributed by atoms with Gasteiger partial charge in [0, 0.05) is 26.1 Å². The zero-order chi connectivity index (χ0) is 23.8. The summed E-state index contributed by atoms with van der Waals surface area (Å²) < 4.78 is 33.0. The molecule has 3 amide bonds. The van der Waals surface area contributed by atoms with Crippen molar-refractivity contribution >= 4 is 22.0 Å². The first-order valence-electron chi connectivity index (χ1n) is 10.7. The van der Waals surface area contributed by atoms with Crippen molar-refractivity contribution in [1.82, 2.24) is 14.9 Å². The monoisotopic (exact) mass is 467 g/mol. The topological polar surface area (TPSA) is 125 Å². The Balaban J connectivity index is 1.92. The van der Waals surface area contributed by atoms with Crippen LogP contribution in [0.15, 0.2) is 36.4 Å². The molecule has 32 heavy (non-hydrogen) atoms. The lowest BCUT2D eigenvalue weighted by Gasteiger charge is -2.28. The summed E-state index contributed by atoms with van der Waals surface area (Å²) in [5.74, 6) is 0.369. The standard InChI is InChI=1S/C22H33N3O6S/c1-4-22(28,18-8-7-9-19(14-18)31-15-17(2)3)16-23-32(29,30)13-6-5-11-25-12-10-20(26)24-21(25)27/h5-9,14,17,23,28H,4,10-13,15-16H2,1-3H3,(H,24,26,27)/b6-5+/t22-/m1/s1. The summed E-state index contributed by atoms with van der Waals surface area (Å²) in [6, 6.07) is 6.56. The molecule has 1 aromatic rings. The van der Waals surface area contributed by atoms with Crippen molar-refractivity contribution in [3.8, 4) is 5.75 Å². The molecule has 1 aliphatic heterocycles. The number of sulfonamides is 1. The average molecular weight is 468 g/mol. The smallest absolute Gasteiger partial charge is 0.324 e. The van der Waals surface area contributed by atoms with Crippen LogP contribution in [-0.4, -0.2) is 62.4 Å². The number of aliphatic hydroxyl groups is 1. The highest BCUT2D eigenvalue weighted by Crippen LogP contribution is 2.27. The van der Waals surface area contributed by atoms with Gasteiger partial charge in [0.25, 0.3) is 0 Å². The molecule has 1 heterocycles.